The lowest BCUT2D eigenvalue weighted by Gasteiger charge is -2.08. The summed E-state index contributed by atoms with van der Waals surface area (Å²) < 4.78 is 31.6. The SMILES string of the molecule is CCOCCNc1c(F)cc(C#N)cc1F. The molecule has 0 saturated heterocycles. The molecule has 0 unspecified atom stereocenters. The van der Waals surface area contributed by atoms with Crippen molar-refractivity contribution in [3.63, 3.8) is 0 Å². The molecule has 0 heterocycles. The summed E-state index contributed by atoms with van der Waals surface area (Å²) in [5.41, 5.74) is -0.260. The van der Waals surface area contributed by atoms with E-state index in [1.807, 2.05) is 6.92 Å². The minimum Gasteiger partial charge on any atom is -0.380 e. The first-order valence-corrected chi connectivity index (χ1v) is 4.89. The van der Waals surface area contributed by atoms with Crippen molar-refractivity contribution in [3.8, 4) is 6.07 Å². The van der Waals surface area contributed by atoms with E-state index in [0.29, 0.717) is 19.8 Å². The number of nitrogens with zero attached hydrogens (tertiary/aromatic N) is 1. The predicted molar refractivity (Wildman–Crippen MR) is 56.1 cm³/mol. The molecule has 0 bridgehead atoms. The lowest BCUT2D eigenvalue weighted by atomic mass is 10.2. The van der Waals surface area contributed by atoms with Crippen LogP contribution in [-0.2, 0) is 4.74 Å². The fourth-order valence-corrected chi connectivity index (χ4v) is 1.20. The van der Waals surface area contributed by atoms with Crippen molar-refractivity contribution in [1.82, 2.24) is 0 Å². The molecule has 0 atom stereocenters. The van der Waals surface area contributed by atoms with Crippen LogP contribution >= 0.6 is 0 Å². The molecule has 1 aromatic rings. The highest BCUT2D eigenvalue weighted by atomic mass is 19.1. The van der Waals surface area contributed by atoms with E-state index < -0.39 is 11.6 Å². The van der Waals surface area contributed by atoms with Gasteiger partial charge in [0.25, 0.3) is 0 Å². The van der Waals surface area contributed by atoms with Gasteiger partial charge in [-0.3, -0.25) is 0 Å². The molecule has 0 amide bonds. The van der Waals surface area contributed by atoms with E-state index in [1.165, 1.54) is 0 Å². The minimum atomic E-state index is -0.770. The van der Waals surface area contributed by atoms with Gasteiger partial charge in [0.15, 0.2) is 11.6 Å². The number of halogens is 2. The Morgan fingerprint density at radius 1 is 1.38 bits per heavy atom. The van der Waals surface area contributed by atoms with Crippen LogP contribution in [0, 0.1) is 23.0 Å². The molecule has 0 radical (unpaired) electrons. The van der Waals surface area contributed by atoms with Crippen molar-refractivity contribution in [2.75, 3.05) is 25.1 Å². The van der Waals surface area contributed by atoms with Crippen LogP contribution < -0.4 is 5.32 Å². The second-order valence-corrected chi connectivity index (χ2v) is 3.05. The van der Waals surface area contributed by atoms with Crippen LogP contribution in [0.5, 0.6) is 0 Å². The van der Waals surface area contributed by atoms with Gasteiger partial charge in [0.05, 0.1) is 18.2 Å². The number of hydrogen-bond acceptors (Lipinski definition) is 3. The number of ether oxygens (including phenoxy) is 1. The second kappa shape index (κ2) is 6.03. The highest BCUT2D eigenvalue weighted by molar-refractivity contribution is 5.50. The zero-order chi connectivity index (χ0) is 12.0. The van der Waals surface area contributed by atoms with E-state index in [2.05, 4.69) is 5.32 Å². The predicted octanol–water partition coefficient (Wildman–Crippen LogP) is 2.28. The van der Waals surface area contributed by atoms with Crippen molar-refractivity contribution >= 4 is 5.69 Å². The van der Waals surface area contributed by atoms with E-state index in [1.54, 1.807) is 6.07 Å². The van der Waals surface area contributed by atoms with Crippen LogP contribution in [0.2, 0.25) is 0 Å². The summed E-state index contributed by atoms with van der Waals surface area (Å²) in [7, 11) is 0. The van der Waals surface area contributed by atoms with Gasteiger partial charge in [-0.05, 0) is 19.1 Å². The summed E-state index contributed by atoms with van der Waals surface area (Å²) in [6, 6.07) is 3.66. The molecule has 0 spiro atoms. The zero-order valence-corrected chi connectivity index (χ0v) is 8.89. The lowest BCUT2D eigenvalue weighted by Crippen LogP contribution is -2.11. The third-order valence-electron chi connectivity index (χ3n) is 1.92. The van der Waals surface area contributed by atoms with Gasteiger partial charge in [0.1, 0.15) is 5.69 Å². The van der Waals surface area contributed by atoms with Gasteiger partial charge < -0.3 is 10.1 Å². The average Bonchev–Trinajstić information content (AvgIpc) is 2.26. The second-order valence-electron chi connectivity index (χ2n) is 3.05. The van der Waals surface area contributed by atoms with E-state index in [0.717, 1.165) is 12.1 Å². The van der Waals surface area contributed by atoms with Crippen molar-refractivity contribution < 1.29 is 13.5 Å². The molecule has 5 heteroatoms. The summed E-state index contributed by atoms with van der Waals surface area (Å²) in [5, 5.41) is 11.1. The van der Waals surface area contributed by atoms with E-state index >= 15 is 0 Å². The standard InChI is InChI=1S/C11H12F2N2O/c1-2-16-4-3-15-11-9(12)5-8(7-14)6-10(11)13/h5-6,15H,2-4H2,1H3. The van der Waals surface area contributed by atoms with Gasteiger partial charge in [0, 0.05) is 13.2 Å². The van der Waals surface area contributed by atoms with Crippen molar-refractivity contribution in [2.24, 2.45) is 0 Å². The summed E-state index contributed by atoms with van der Waals surface area (Å²) >= 11 is 0. The Balaban J connectivity index is 2.70. The minimum absolute atomic E-state index is 0.0367. The van der Waals surface area contributed by atoms with E-state index in [-0.39, 0.29) is 11.3 Å². The first-order valence-electron chi connectivity index (χ1n) is 4.89. The molecule has 1 rings (SSSR count). The summed E-state index contributed by atoms with van der Waals surface area (Å²) in [6.07, 6.45) is 0. The Bertz CT molecular complexity index is 378. The van der Waals surface area contributed by atoms with E-state index in [4.69, 9.17) is 10.00 Å². The third kappa shape index (κ3) is 3.17. The van der Waals surface area contributed by atoms with Gasteiger partial charge in [-0.2, -0.15) is 5.26 Å². The maximum atomic E-state index is 13.3. The van der Waals surface area contributed by atoms with Crippen molar-refractivity contribution in [3.05, 3.63) is 29.3 Å². The Hall–Kier alpha value is -1.67. The summed E-state index contributed by atoms with van der Waals surface area (Å²) in [5.74, 6) is -1.54. The Labute approximate surface area is 92.6 Å². The molecule has 16 heavy (non-hydrogen) atoms. The molecule has 1 N–H and O–H groups in total. The normalized spacial score (nSPS) is 9.88. The maximum Gasteiger partial charge on any atom is 0.150 e. The number of rotatable bonds is 5. The molecule has 0 aliphatic carbocycles. The van der Waals surface area contributed by atoms with Crippen LogP contribution in [0.1, 0.15) is 12.5 Å². The smallest absolute Gasteiger partial charge is 0.150 e. The lowest BCUT2D eigenvalue weighted by molar-refractivity contribution is 0.158. The quantitative estimate of drug-likeness (QED) is 0.783. The molecule has 3 nitrogen and oxygen atoms in total. The van der Waals surface area contributed by atoms with Crippen LogP contribution in [-0.4, -0.2) is 19.8 Å². The zero-order valence-electron chi connectivity index (χ0n) is 8.89. The van der Waals surface area contributed by atoms with Crippen LogP contribution in [0.15, 0.2) is 12.1 Å². The number of anilines is 1. The molecule has 0 fully saturated rings. The number of nitriles is 1. The molecular formula is C11H12F2N2O. The highest BCUT2D eigenvalue weighted by Crippen LogP contribution is 2.20. The van der Waals surface area contributed by atoms with Gasteiger partial charge >= 0.3 is 0 Å². The fraction of sp³-hybridized carbons (Fsp3) is 0.364. The first-order chi connectivity index (χ1) is 7.69. The molecular weight excluding hydrogens is 214 g/mol. The highest BCUT2D eigenvalue weighted by Gasteiger charge is 2.10. The molecule has 0 aromatic heterocycles. The summed E-state index contributed by atoms with van der Waals surface area (Å²) in [6.45, 7) is 3.08. The van der Waals surface area contributed by atoms with Crippen LogP contribution in [0.25, 0.3) is 0 Å². The number of nitrogens with one attached hydrogen (secondary N) is 1. The fourth-order valence-electron chi connectivity index (χ4n) is 1.20. The number of hydrogen-bond donors (Lipinski definition) is 1. The monoisotopic (exact) mass is 226 g/mol. The Kier molecular flexibility index (Phi) is 4.67. The molecule has 1 aromatic carbocycles. The topological polar surface area (TPSA) is 45.0 Å². The molecule has 86 valence electrons. The molecule has 0 aliphatic rings. The van der Waals surface area contributed by atoms with Crippen LogP contribution in [0.3, 0.4) is 0 Å². The largest absolute Gasteiger partial charge is 0.380 e. The average molecular weight is 226 g/mol. The first kappa shape index (κ1) is 12.4. The Morgan fingerprint density at radius 2 is 2.00 bits per heavy atom. The van der Waals surface area contributed by atoms with Gasteiger partial charge in [-0.25, -0.2) is 8.78 Å². The molecule has 0 aliphatic heterocycles. The molecule has 0 saturated carbocycles. The Morgan fingerprint density at radius 3 is 2.50 bits per heavy atom. The van der Waals surface area contributed by atoms with Crippen LogP contribution in [0.4, 0.5) is 14.5 Å². The maximum absolute atomic E-state index is 13.3. The summed E-state index contributed by atoms with van der Waals surface area (Å²) in [4.78, 5) is 0. The van der Waals surface area contributed by atoms with Crippen molar-refractivity contribution in [2.45, 2.75) is 6.92 Å². The van der Waals surface area contributed by atoms with E-state index in [9.17, 15) is 8.78 Å². The number of benzene rings is 1. The van der Waals surface area contributed by atoms with Gasteiger partial charge in [-0.1, -0.05) is 0 Å². The van der Waals surface area contributed by atoms with Gasteiger partial charge in [0.2, 0.25) is 0 Å². The third-order valence-corrected chi connectivity index (χ3v) is 1.92. The van der Waals surface area contributed by atoms with Crippen molar-refractivity contribution in [1.29, 1.82) is 5.26 Å². The van der Waals surface area contributed by atoms with Gasteiger partial charge in [-0.15, -0.1) is 0 Å².